The fraction of sp³-hybridized carbons (Fsp3) is 0.267. The highest BCUT2D eigenvalue weighted by Crippen LogP contribution is 2.17. The summed E-state index contributed by atoms with van der Waals surface area (Å²) in [6, 6.07) is 2.50. The summed E-state index contributed by atoms with van der Waals surface area (Å²) in [5.41, 5.74) is -0.161. The summed E-state index contributed by atoms with van der Waals surface area (Å²) in [4.78, 5) is 23.9. The molecule has 23 heavy (non-hydrogen) atoms. The number of nitrogens with one attached hydrogen (secondary N) is 1. The number of hydrogen-bond acceptors (Lipinski definition) is 4. The van der Waals surface area contributed by atoms with Crippen molar-refractivity contribution in [3.8, 4) is 0 Å². The molecule has 1 aromatic carbocycles. The third-order valence-corrected chi connectivity index (χ3v) is 3.61. The summed E-state index contributed by atoms with van der Waals surface area (Å²) < 4.78 is 26.7. The van der Waals surface area contributed by atoms with Gasteiger partial charge in [-0.1, -0.05) is 0 Å². The molecule has 0 bridgehead atoms. The Bertz CT molecular complexity index is 690. The zero-order valence-corrected chi connectivity index (χ0v) is 12.2. The molecule has 120 valence electrons. The number of aromatic nitrogens is 2. The number of hydrogen-bond donors (Lipinski definition) is 1. The summed E-state index contributed by atoms with van der Waals surface area (Å²) in [5, 5.41) is 2.40. The van der Waals surface area contributed by atoms with Gasteiger partial charge in [-0.05, 0) is 12.1 Å². The van der Waals surface area contributed by atoms with E-state index in [0.717, 1.165) is 24.0 Å². The van der Waals surface area contributed by atoms with E-state index in [1.54, 1.807) is 23.5 Å². The van der Waals surface area contributed by atoms with E-state index in [-0.39, 0.29) is 5.69 Å². The van der Waals surface area contributed by atoms with Crippen LogP contribution >= 0.6 is 0 Å². The molecule has 2 heterocycles. The normalized spacial score (nSPS) is 14.7. The van der Waals surface area contributed by atoms with Crippen LogP contribution in [0.4, 0.5) is 25.1 Å². The van der Waals surface area contributed by atoms with E-state index in [4.69, 9.17) is 0 Å². The Kier molecular flexibility index (Phi) is 4.31. The Hall–Kier alpha value is -2.77. The van der Waals surface area contributed by atoms with E-state index in [0.29, 0.717) is 26.2 Å². The van der Waals surface area contributed by atoms with E-state index in [1.807, 2.05) is 4.90 Å². The van der Waals surface area contributed by atoms with Crippen LogP contribution in [0.2, 0.25) is 0 Å². The van der Waals surface area contributed by atoms with Crippen LogP contribution in [-0.4, -0.2) is 47.1 Å². The van der Waals surface area contributed by atoms with Gasteiger partial charge in [0.1, 0.15) is 17.5 Å². The predicted octanol–water partition coefficient (Wildman–Crippen LogP) is 2.11. The van der Waals surface area contributed by atoms with Gasteiger partial charge >= 0.3 is 6.03 Å². The van der Waals surface area contributed by atoms with Gasteiger partial charge in [-0.25, -0.2) is 18.6 Å². The second-order valence-corrected chi connectivity index (χ2v) is 5.09. The molecule has 0 aliphatic carbocycles. The number of piperazine rings is 1. The van der Waals surface area contributed by atoms with E-state index < -0.39 is 17.7 Å². The van der Waals surface area contributed by atoms with Gasteiger partial charge in [0, 0.05) is 44.6 Å². The smallest absolute Gasteiger partial charge is 0.322 e. The van der Waals surface area contributed by atoms with Crippen molar-refractivity contribution in [2.75, 3.05) is 36.4 Å². The van der Waals surface area contributed by atoms with Gasteiger partial charge in [0.15, 0.2) is 0 Å². The van der Waals surface area contributed by atoms with E-state index in [9.17, 15) is 13.6 Å². The monoisotopic (exact) mass is 319 g/mol. The number of urea groups is 1. The fourth-order valence-corrected chi connectivity index (χ4v) is 2.38. The van der Waals surface area contributed by atoms with Crippen LogP contribution in [0.5, 0.6) is 0 Å². The maximum absolute atomic E-state index is 13.6. The van der Waals surface area contributed by atoms with Gasteiger partial charge < -0.3 is 15.1 Å². The average Bonchev–Trinajstić information content (AvgIpc) is 2.59. The number of anilines is 2. The quantitative estimate of drug-likeness (QED) is 0.921. The van der Waals surface area contributed by atoms with Crippen molar-refractivity contribution in [3.05, 3.63) is 48.4 Å². The Labute approximate surface area is 131 Å². The van der Waals surface area contributed by atoms with Gasteiger partial charge in [0.05, 0.1) is 11.9 Å². The number of halogens is 2. The van der Waals surface area contributed by atoms with Crippen molar-refractivity contribution in [3.63, 3.8) is 0 Å². The van der Waals surface area contributed by atoms with Gasteiger partial charge in [-0.15, -0.1) is 0 Å². The van der Waals surface area contributed by atoms with Gasteiger partial charge in [0.2, 0.25) is 0 Å². The highest BCUT2D eigenvalue weighted by atomic mass is 19.1. The maximum atomic E-state index is 13.6. The second kappa shape index (κ2) is 6.55. The number of benzene rings is 1. The molecule has 1 aliphatic heterocycles. The van der Waals surface area contributed by atoms with E-state index in [1.165, 1.54) is 0 Å². The summed E-state index contributed by atoms with van der Waals surface area (Å²) in [6.07, 6.45) is 4.87. The molecule has 3 rings (SSSR count). The van der Waals surface area contributed by atoms with Crippen molar-refractivity contribution in [2.24, 2.45) is 0 Å². The molecule has 1 fully saturated rings. The standard InChI is InChI=1S/C15H15F2N5O/c16-11-1-2-12(17)13(9-11)20-15(23)22-7-5-21(6-8-22)14-10-18-3-4-19-14/h1-4,9-10H,5-8H2,(H,20,23). The SMILES string of the molecule is O=C(Nc1cc(F)ccc1F)N1CCN(c2cnccn2)CC1. The molecular weight excluding hydrogens is 304 g/mol. The predicted molar refractivity (Wildman–Crippen MR) is 81.2 cm³/mol. The summed E-state index contributed by atoms with van der Waals surface area (Å²) in [7, 11) is 0. The van der Waals surface area contributed by atoms with Gasteiger partial charge in [-0.3, -0.25) is 4.98 Å². The molecule has 0 saturated carbocycles. The van der Waals surface area contributed by atoms with Crippen LogP contribution in [0.3, 0.4) is 0 Å². The molecular formula is C15H15F2N5O. The lowest BCUT2D eigenvalue weighted by Gasteiger charge is -2.35. The molecule has 1 N–H and O–H groups in total. The first-order valence-corrected chi connectivity index (χ1v) is 7.15. The average molecular weight is 319 g/mol. The third kappa shape index (κ3) is 3.53. The Balaban J connectivity index is 1.59. The number of nitrogens with zero attached hydrogens (tertiary/aromatic N) is 4. The Morgan fingerprint density at radius 3 is 2.61 bits per heavy atom. The minimum absolute atomic E-state index is 0.161. The number of carbonyl (C=O) groups excluding carboxylic acids is 1. The maximum Gasteiger partial charge on any atom is 0.322 e. The summed E-state index contributed by atoms with van der Waals surface area (Å²) >= 11 is 0. The van der Waals surface area contributed by atoms with Crippen molar-refractivity contribution in [1.82, 2.24) is 14.9 Å². The van der Waals surface area contributed by atoms with Crippen LogP contribution in [-0.2, 0) is 0 Å². The zero-order valence-electron chi connectivity index (χ0n) is 12.2. The van der Waals surface area contributed by atoms with Gasteiger partial charge in [0.25, 0.3) is 0 Å². The third-order valence-electron chi connectivity index (χ3n) is 3.61. The summed E-state index contributed by atoms with van der Waals surface area (Å²) in [6.45, 7) is 2.11. The van der Waals surface area contributed by atoms with Crippen LogP contribution in [0.25, 0.3) is 0 Å². The minimum Gasteiger partial charge on any atom is -0.352 e. The lowest BCUT2D eigenvalue weighted by atomic mass is 10.3. The molecule has 8 heteroatoms. The van der Waals surface area contributed by atoms with Gasteiger partial charge in [-0.2, -0.15) is 0 Å². The Morgan fingerprint density at radius 1 is 1.13 bits per heavy atom. The molecule has 2 aromatic rings. The molecule has 1 aliphatic rings. The molecule has 1 saturated heterocycles. The van der Waals surface area contributed by atoms with E-state index >= 15 is 0 Å². The molecule has 0 unspecified atom stereocenters. The van der Waals surface area contributed by atoms with Crippen LogP contribution in [0, 0.1) is 11.6 Å². The fourth-order valence-electron chi connectivity index (χ4n) is 2.38. The first-order chi connectivity index (χ1) is 11.1. The Morgan fingerprint density at radius 2 is 1.91 bits per heavy atom. The minimum atomic E-state index is -0.669. The first kappa shape index (κ1) is 15.1. The second-order valence-electron chi connectivity index (χ2n) is 5.09. The largest absolute Gasteiger partial charge is 0.352 e. The first-order valence-electron chi connectivity index (χ1n) is 7.15. The van der Waals surface area contributed by atoms with Crippen molar-refractivity contribution >= 4 is 17.5 Å². The topological polar surface area (TPSA) is 61.4 Å². The molecule has 6 nitrogen and oxygen atoms in total. The highest BCUT2D eigenvalue weighted by Gasteiger charge is 2.22. The van der Waals surface area contributed by atoms with Crippen molar-refractivity contribution in [1.29, 1.82) is 0 Å². The summed E-state index contributed by atoms with van der Waals surface area (Å²) in [5.74, 6) is -0.518. The number of carbonyl (C=O) groups is 1. The zero-order chi connectivity index (χ0) is 16.2. The van der Waals surface area contributed by atoms with Crippen molar-refractivity contribution < 1.29 is 13.6 Å². The molecule has 0 spiro atoms. The van der Waals surface area contributed by atoms with Crippen LogP contribution < -0.4 is 10.2 Å². The molecule has 2 amide bonds. The van der Waals surface area contributed by atoms with Crippen LogP contribution in [0.15, 0.2) is 36.8 Å². The van der Waals surface area contributed by atoms with Crippen LogP contribution in [0.1, 0.15) is 0 Å². The molecule has 0 radical (unpaired) electrons. The number of rotatable bonds is 2. The van der Waals surface area contributed by atoms with Crippen molar-refractivity contribution in [2.45, 2.75) is 0 Å². The lowest BCUT2D eigenvalue weighted by Crippen LogP contribution is -2.50. The lowest BCUT2D eigenvalue weighted by molar-refractivity contribution is 0.208. The van der Waals surface area contributed by atoms with E-state index in [2.05, 4.69) is 15.3 Å². The molecule has 1 aromatic heterocycles. The number of amides is 2. The molecule has 0 atom stereocenters. The highest BCUT2D eigenvalue weighted by molar-refractivity contribution is 5.89.